The number of cyclic esters (lactones) is 1. The molecular formula is C36H49N3O7. The molecule has 0 saturated carbocycles. The third-order valence-corrected chi connectivity index (χ3v) is 9.57. The van der Waals surface area contributed by atoms with Gasteiger partial charge in [-0.2, -0.15) is 0 Å². The number of carbonyl (C=O) groups is 4. The number of rotatable bonds is 7. The zero-order valence-electron chi connectivity index (χ0n) is 27.7. The smallest absolute Gasteiger partial charge is 0.306 e. The predicted octanol–water partition coefficient (Wildman–Crippen LogP) is 3.70. The largest absolute Gasteiger partial charge is 0.463 e. The monoisotopic (exact) mass is 635 g/mol. The molecule has 3 amide bonds. The first kappa shape index (κ1) is 33.9. The average molecular weight is 636 g/mol. The lowest BCUT2D eigenvalue weighted by molar-refractivity contribution is -0.152. The summed E-state index contributed by atoms with van der Waals surface area (Å²) in [5.74, 6) is -3.16. The molecule has 10 nitrogen and oxygen atoms in total. The number of hydrogen-bond acceptors (Lipinski definition) is 7. The molecule has 5 rings (SSSR count). The zero-order valence-corrected chi connectivity index (χ0v) is 27.7. The fourth-order valence-electron chi connectivity index (χ4n) is 8.01. The van der Waals surface area contributed by atoms with Crippen LogP contribution in [0.4, 0.5) is 0 Å². The summed E-state index contributed by atoms with van der Waals surface area (Å²) in [5.41, 5.74) is -1.18. The summed E-state index contributed by atoms with van der Waals surface area (Å²) in [6.45, 7) is 11.1. The second kappa shape index (κ2) is 13.3. The number of amides is 3. The van der Waals surface area contributed by atoms with E-state index in [1.54, 1.807) is 17.1 Å². The highest BCUT2D eigenvalue weighted by Crippen LogP contribution is 2.53. The van der Waals surface area contributed by atoms with Crippen molar-refractivity contribution in [2.24, 2.45) is 17.3 Å². The van der Waals surface area contributed by atoms with Crippen molar-refractivity contribution in [1.29, 1.82) is 0 Å². The van der Waals surface area contributed by atoms with Crippen LogP contribution in [0, 0.1) is 17.3 Å². The number of allylic oxidation sites excluding steroid dienone is 1. The fourth-order valence-corrected chi connectivity index (χ4v) is 8.01. The Hall–Kier alpha value is -3.50. The summed E-state index contributed by atoms with van der Waals surface area (Å²) in [6.07, 6.45) is 8.78. The molecule has 1 spiro atoms. The van der Waals surface area contributed by atoms with Crippen LogP contribution in [-0.4, -0.2) is 88.2 Å². The molecule has 0 bridgehead atoms. The SMILES string of the molecule is CC(C)(C)CC(C)(C)N1CC=C[C@]23O[C@@H]4/C=C\CCC(=O)OC[C@@H](c5ccccc5)NC(=O)[C@@H]4[C@H]2C(=O)N(CCCCO)[C@@H]3C1=O. The number of carbonyl (C=O) groups excluding carboxylic acids is 4. The van der Waals surface area contributed by atoms with Gasteiger partial charge < -0.3 is 29.7 Å². The number of nitrogens with zero attached hydrogens (tertiary/aromatic N) is 2. The van der Waals surface area contributed by atoms with E-state index in [1.165, 1.54) is 0 Å². The molecule has 4 aliphatic rings. The Kier molecular flexibility index (Phi) is 9.80. The second-order valence-electron chi connectivity index (χ2n) is 14.8. The molecule has 2 fully saturated rings. The number of esters is 1. The molecule has 0 aromatic heterocycles. The minimum atomic E-state index is -1.37. The maximum atomic E-state index is 14.8. The molecule has 2 N–H and O–H groups in total. The van der Waals surface area contributed by atoms with Crippen LogP contribution < -0.4 is 5.32 Å². The van der Waals surface area contributed by atoms with Crippen LogP contribution in [0.15, 0.2) is 54.6 Å². The lowest BCUT2D eigenvalue weighted by atomic mass is 9.77. The lowest BCUT2D eigenvalue weighted by Crippen LogP contribution is -2.59. The molecule has 46 heavy (non-hydrogen) atoms. The van der Waals surface area contributed by atoms with E-state index in [9.17, 15) is 24.3 Å². The first-order valence-electron chi connectivity index (χ1n) is 16.5. The van der Waals surface area contributed by atoms with Crippen molar-refractivity contribution in [3.05, 3.63) is 60.2 Å². The molecule has 1 aromatic rings. The van der Waals surface area contributed by atoms with E-state index in [4.69, 9.17) is 9.47 Å². The predicted molar refractivity (Wildman–Crippen MR) is 172 cm³/mol. The summed E-state index contributed by atoms with van der Waals surface area (Å²) < 4.78 is 12.4. The van der Waals surface area contributed by atoms with Crippen molar-refractivity contribution >= 4 is 23.7 Å². The van der Waals surface area contributed by atoms with Gasteiger partial charge in [0.2, 0.25) is 17.7 Å². The minimum Gasteiger partial charge on any atom is -0.463 e. The van der Waals surface area contributed by atoms with Gasteiger partial charge in [0.25, 0.3) is 0 Å². The van der Waals surface area contributed by atoms with Crippen molar-refractivity contribution in [3.8, 4) is 0 Å². The average Bonchev–Trinajstić information content (AvgIpc) is 3.36. The van der Waals surface area contributed by atoms with Gasteiger partial charge >= 0.3 is 5.97 Å². The van der Waals surface area contributed by atoms with E-state index in [0.29, 0.717) is 25.8 Å². The maximum Gasteiger partial charge on any atom is 0.306 e. The van der Waals surface area contributed by atoms with Crippen LogP contribution in [0.2, 0.25) is 0 Å². The topological polar surface area (TPSA) is 125 Å². The molecule has 0 aliphatic carbocycles. The van der Waals surface area contributed by atoms with Gasteiger partial charge in [-0.05, 0) is 50.5 Å². The Morgan fingerprint density at radius 1 is 1.00 bits per heavy atom. The molecule has 10 heteroatoms. The van der Waals surface area contributed by atoms with Gasteiger partial charge in [0.15, 0.2) is 0 Å². The number of hydrogen-bond donors (Lipinski definition) is 2. The minimum absolute atomic E-state index is 0.0281. The van der Waals surface area contributed by atoms with Gasteiger partial charge in [-0.15, -0.1) is 0 Å². The maximum absolute atomic E-state index is 14.8. The molecule has 0 unspecified atom stereocenters. The highest BCUT2D eigenvalue weighted by molar-refractivity contribution is 6.00. The Bertz CT molecular complexity index is 1370. The van der Waals surface area contributed by atoms with Crippen molar-refractivity contribution in [2.45, 2.75) is 96.1 Å². The van der Waals surface area contributed by atoms with Crippen molar-refractivity contribution in [2.75, 3.05) is 26.3 Å². The molecule has 6 atom stereocenters. The van der Waals surface area contributed by atoms with E-state index in [0.717, 1.165) is 12.0 Å². The number of aliphatic hydroxyl groups excluding tert-OH is 1. The normalized spacial score (nSPS) is 31.2. The Morgan fingerprint density at radius 3 is 2.43 bits per heavy atom. The van der Waals surface area contributed by atoms with Gasteiger partial charge in [-0.1, -0.05) is 75.4 Å². The Balaban J connectivity index is 1.58. The van der Waals surface area contributed by atoms with Crippen LogP contribution in [0.1, 0.15) is 78.3 Å². The highest BCUT2D eigenvalue weighted by atomic mass is 16.5. The zero-order chi connectivity index (χ0) is 33.3. The van der Waals surface area contributed by atoms with Crippen molar-refractivity contribution < 1.29 is 33.8 Å². The van der Waals surface area contributed by atoms with Gasteiger partial charge in [-0.3, -0.25) is 19.2 Å². The van der Waals surface area contributed by atoms with Crippen LogP contribution in [0.5, 0.6) is 0 Å². The van der Waals surface area contributed by atoms with E-state index in [1.807, 2.05) is 47.4 Å². The number of nitrogens with one attached hydrogen (secondary N) is 1. The molecule has 2 saturated heterocycles. The van der Waals surface area contributed by atoms with Crippen LogP contribution in [-0.2, 0) is 28.7 Å². The standard InChI is InChI=1S/C36H49N3O7/c1-34(2,3)23-35(4,5)39-20-13-18-36-29(32(43)38(19-11-12-21-40)30(36)33(39)44)28-26(46-36)16-9-10-17-27(41)45-22-25(37-31(28)42)24-14-7-6-8-15-24/h6-9,13-16,18,25-26,28-30,40H,10-12,17,19-23H2,1-5H3,(H,37,42)/b16-9-/t25-,26+,28-,29-,30+,36-/m0/s1. The Morgan fingerprint density at radius 2 is 1.74 bits per heavy atom. The molecule has 1 aromatic carbocycles. The molecule has 0 radical (unpaired) electrons. The van der Waals surface area contributed by atoms with Crippen LogP contribution in [0.3, 0.4) is 0 Å². The highest BCUT2D eigenvalue weighted by Gasteiger charge is 2.71. The number of aliphatic hydroxyl groups is 1. The van der Waals surface area contributed by atoms with E-state index >= 15 is 0 Å². The molecule has 250 valence electrons. The first-order chi connectivity index (χ1) is 21.8. The van der Waals surface area contributed by atoms with Gasteiger partial charge in [0.05, 0.1) is 24.0 Å². The number of benzene rings is 1. The molecular weight excluding hydrogens is 586 g/mol. The summed E-state index contributed by atoms with van der Waals surface area (Å²) in [5, 5.41) is 12.6. The third kappa shape index (κ3) is 6.65. The number of likely N-dealkylation sites (tertiary alicyclic amines) is 1. The summed E-state index contributed by atoms with van der Waals surface area (Å²) in [6, 6.07) is 7.68. The quantitative estimate of drug-likeness (QED) is 0.266. The summed E-state index contributed by atoms with van der Waals surface area (Å²) in [4.78, 5) is 59.6. The first-order valence-corrected chi connectivity index (χ1v) is 16.5. The van der Waals surface area contributed by atoms with E-state index < -0.39 is 47.1 Å². The Labute approximate surface area is 272 Å². The lowest BCUT2D eigenvalue weighted by Gasteiger charge is -2.44. The third-order valence-electron chi connectivity index (χ3n) is 9.57. The van der Waals surface area contributed by atoms with E-state index in [-0.39, 0.29) is 49.4 Å². The van der Waals surface area contributed by atoms with Crippen molar-refractivity contribution in [3.63, 3.8) is 0 Å². The van der Waals surface area contributed by atoms with Crippen molar-refractivity contribution in [1.82, 2.24) is 15.1 Å². The second-order valence-corrected chi connectivity index (χ2v) is 14.8. The van der Waals surface area contributed by atoms with E-state index in [2.05, 4.69) is 39.9 Å². The van der Waals surface area contributed by atoms with Crippen LogP contribution >= 0.6 is 0 Å². The molecule has 4 heterocycles. The van der Waals surface area contributed by atoms with Gasteiger partial charge in [0.1, 0.15) is 18.2 Å². The van der Waals surface area contributed by atoms with Crippen LogP contribution in [0.25, 0.3) is 0 Å². The fraction of sp³-hybridized carbons (Fsp3) is 0.611. The summed E-state index contributed by atoms with van der Waals surface area (Å²) >= 11 is 0. The summed E-state index contributed by atoms with van der Waals surface area (Å²) in [7, 11) is 0. The van der Waals surface area contributed by atoms with Gasteiger partial charge in [0, 0.05) is 31.7 Å². The molecule has 4 aliphatic heterocycles. The number of unbranched alkanes of at least 4 members (excludes halogenated alkanes) is 1. The number of ether oxygens (including phenoxy) is 2. The van der Waals surface area contributed by atoms with Gasteiger partial charge in [-0.25, -0.2) is 0 Å². The number of fused-ring (bicyclic) bond motifs is 2.